The number of ether oxygens (including phenoxy) is 1. The van der Waals surface area contributed by atoms with Gasteiger partial charge in [0.15, 0.2) is 0 Å². The first-order valence-corrected chi connectivity index (χ1v) is 5.60. The molecule has 2 rings (SSSR count). The summed E-state index contributed by atoms with van der Waals surface area (Å²) < 4.78 is 5.32. The predicted molar refractivity (Wildman–Crippen MR) is 60.1 cm³/mol. The fourth-order valence-corrected chi connectivity index (χ4v) is 2.13. The van der Waals surface area contributed by atoms with Crippen molar-refractivity contribution >= 4 is 0 Å². The molecule has 0 bridgehead atoms. The molecule has 0 saturated carbocycles. The largest absolute Gasteiger partial charge is 0.496 e. The maximum absolute atomic E-state index is 5.32. The number of piperidine rings is 1. The zero-order valence-corrected chi connectivity index (χ0v) is 9.20. The van der Waals surface area contributed by atoms with E-state index in [1.807, 2.05) is 12.3 Å². The maximum Gasteiger partial charge on any atom is 0.125 e. The Balaban J connectivity index is 2.02. The standard InChI is InChI=1S/C12H18N2O/c1-15-12-5-7-13-9-10(12)8-11-4-2-3-6-14-11/h5,7,9,11,14H,2-4,6,8H2,1H3/t11-/m1/s1. The van der Waals surface area contributed by atoms with Gasteiger partial charge in [0.2, 0.25) is 0 Å². The van der Waals surface area contributed by atoms with Gasteiger partial charge in [0.25, 0.3) is 0 Å². The van der Waals surface area contributed by atoms with Gasteiger partial charge in [0.05, 0.1) is 7.11 Å². The summed E-state index contributed by atoms with van der Waals surface area (Å²) >= 11 is 0. The van der Waals surface area contributed by atoms with Crippen LogP contribution in [0.1, 0.15) is 24.8 Å². The van der Waals surface area contributed by atoms with E-state index in [9.17, 15) is 0 Å². The molecular weight excluding hydrogens is 188 g/mol. The Kier molecular flexibility index (Phi) is 3.56. The van der Waals surface area contributed by atoms with Gasteiger partial charge in [-0.3, -0.25) is 4.98 Å². The summed E-state index contributed by atoms with van der Waals surface area (Å²) in [5.74, 6) is 0.956. The van der Waals surface area contributed by atoms with E-state index in [-0.39, 0.29) is 0 Å². The topological polar surface area (TPSA) is 34.1 Å². The van der Waals surface area contributed by atoms with Crippen molar-refractivity contribution in [1.29, 1.82) is 0 Å². The monoisotopic (exact) mass is 206 g/mol. The van der Waals surface area contributed by atoms with Crippen LogP contribution in [0, 0.1) is 0 Å². The van der Waals surface area contributed by atoms with Gasteiger partial charge in [-0.25, -0.2) is 0 Å². The number of methoxy groups -OCH3 is 1. The van der Waals surface area contributed by atoms with Crippen LogP contribution in [0.2, 0.25) is 0 Å². The molecule has 0 amide bonds. The van der Waals surface area contributed by atoms with Crippen LogP contribution >= 0.6 is 0 Å². The molecule has 0 aromatic carbocycles. The van der Waals surface area contributed by atoms with Crippen LogP contribution in [-0.4, -0.2) is 24.7 Å². The molecule has 1 aliphatic heterocycles. The molecule has 3 nitrogen and oxygen atoms in total. The molecule has 15 heavy (non-hydrogen) atoms. The second-order valence-electron chi connectivity index (χ2n) is 4.04. The van der Waals surface area contributed by atoms with E-state index in [0.29, 0.717) is 6.04 Å². The Morgan fingerprint density at radius 2 is 2.47 bits per heavy atom. The average molecular weight is 206 g/mol. The van der Waals surface area contributed by atoms with Crippen molar-refractivity contribution in [3.63, 3.8) is 0 Å². The summed E-state index contributed by atoms with van der Waals surface area (Å²) in [4.78, 5) is 4.15. The molecule has 0 aliphatic carbocycles. The van der Waals surface area contributed by atoms with Crippen LogP contribution in [0.25, 0.3) is 0 Å². The number of aromatic nitrogens is 1. The van der Waals surface area contributed by atoms with Gasteiger partial charge >= 0.3 is 0 Å². The lowest BCUT2D eigenvalue weighted by Gasteiger charge is -2.23. The third kappa shape index (κ3) is 2.69. The highest BCUT2D eigenvalue weighted by Crippen LogP contribution is 2.20. The van der Waals surface area contributed by atoms with Crippen molar-refractivity contribution in [2.24, 2.45) is 0 Å². The molecule has 1 atom stereocenters. The molecule has 1 fully saturated rings. The van der Waals surface area contributed by atoms with Crippen LogP contribution in [0.4, 0.5) is 0 Å². The summed E-state index contributed by atoms with van der Waals surface area (Å²) in [7, 11) is 1.72. The third-order valence-electron chi connectivity index (χ3n) is 2.96. The van der Waals surface area contributed by atoms with E-state index in [4.69, 9.17) is 4.74 Å². The van der Waals surface area contributed by atoms with Crippen molar-refractivity contribution in [3.05, 3.63) is 24.0 Å². The lowest BCUT2D eigenvalue weighted by molar-refractivity contribution is 0.381. The highest BCUT2D eigenvalue weighted by molar-refractivity contribution is 5.30. The molecule has 82 valence electrons. The molecule has 2 heterocycles. The van der Waals surface area contributed by atoms with Crippen LogP contribution in [-0.2, 0) is 6.42 Å². The van der Waals surface area contributed by atoms with Gasteiger partial charge in [0, 0.05) is 24.0 Å². The minimum atomic E-state index is 0.594. The lowest BCUT2D eigenvalue weighted by atomic mass is 9.98. The normalized spacial score (nSPS) is 21.3. The second-order valence-corrected chi connectivity index (χ2v) is 4.04. The first-order chi connectivity index (χ1) is 7.40. The van der Waals surface area contributed by atoms with Gasteiger partial charge in [-0.1, -0.05) is 6.42 Å². The van der Waals surface area contributed by atoms with Crippen molar-refractivity contribution < 1.29 is 4.74 Å². The van der Waals surface area contributed by atoms with E-state index in [0.717, 1.165) is 18.7 Å². The quantitative estimate of drug-likeness (QED) is 0.818. The molecule has 1 saturated heterocycles. The van der Waals surface area contributed by atoms with Crippen LogP contribution < -0.4 is 10.1 Å². The maximum atomic E-state index is 5.32. The number of pyridine rings is 1. The predicted octanol–water partition coefficient (Wildman–Crippen LogP) is 1.77. The van der Waals surface area contributed by atoms with Gasteiger partial charge in [0.1, 0.15) is 5.75 Å². The molecule has 1 aromatic heterocycles. The molecule has 0 radical (unpaired) electrons. The molecule has 0 unspecified atom stereocenters. The third-order valence-corrected chi connectivity index (χ3v) is 2.96. The zero-order valence-electron chi connectivity index (χ0n) is 9.20. The Bertz CT molecular complexity index is 308. The Labute approximate surface area is 90.9 Å². The molecule has 1 aromatic rings. The minimum absolute atomic E-state index is 0.594. The molecule has 1 aliphatic rings. The van der Waals surface area contributed by atoms with E-state index >= 15 is 0 Å². The first-order valence-electron chi connectivity index (χ1n) is 5.60. The SMILES string of the molecule is COc1ccncc1C[C@H]1CCCCN1. The lowest BCUT2D eigenvalue weighted by Crippen LogP contribution is -2.35. The highest BCUT2D eigenvalue weighted by atomic mass is 16.5. The van der Waals surface area contributed by atoms with Crippen LogP contribution in [0.15, 0.2) is 18.5 Å². The van der Waals surface area contributed by atoms with Crippen LogP contribution in [0.3, 0.4) is 0 Å². The number of hydrogen-bond acceptors (Lipinski definition) is 3. The highest BCUT2D eigenvalue weighted by Gasteiger charge is 2.14. The van der Waals surface area contributed by atoms with Gasteiger partial charge in [-0.2, -0.15) is 0 Å². The van der Waals surface area contributed by atoms with Crippen molar-refractivity contribution in [3.8, 4) is 5.75 Å². The smallest absolute Gasteiger partial charge is 0.125 e. The molecule has 1 N–H and O–H groups in total. The minimum Gasteiger partial charge on any atom is -0.496 e. The Hall–Kier alpha value is -1.09. The zero-order chi connectivity index (χ0) is 10.5. The molecule has 0 spiro atoms. The number of nitrogens with zero attached hydrogens (tertiary/aromatic N) is 1. The van der Waals surface area contributed by atoms with E-state index < -0.39 is 0 Å². The van der Waals surface area contributed by atoms with Crippen molar-refractivity contribution in [2.45, 2.75) is 31.7 Å². The summed E-state index contributed by atoms with van der Waals surface area (Å²) in [6.07, 6.45) is 8.61. The fourth-order valence-electron chi connectivity index (χ4n) is 2.13. The summed E-state index contributed by atoms with van der Waals surface area (Å²) in [5.41, 5.74) is 1.21. The summed E-state index contributed by atoms with van der Waals surface area (Å²) in [6.45, 7) is 1.15. The van der Waals surface area contributed by atoms with Gasteiger partial charge < -0.3 is 10.1 Å². The fraction of sp³-hybridized carbons (Fsp3) is 0.583. The molecule has 3 heteroatoms. The summed E-state index contributed by atoms with van der Waals surface area (Å²) in [5, 5.41) is 3.54. The number of rotatable bonds is 3. The van der Waals surface area contributed by atoms with E-state index in [1.54, 1.807) is 13.3 Å². The van der Waals surface area contributed by atoms with Gasteiger partial charge in [-0.15, -0.1) is 0 Å². The molecular formula is C12H18N2O. The number of nitrogens with one attached hydrogen (secondary N) is 1. The Morgan fingerprint density at radius 1 is 1.53 bits per heavy atom. The average Bonchev–Trinajstić information content (AvgIpc) is 2.31. The van der Waals surface area contributed by atoms with E-state index in [1.165, 1.54) is 24.8 Å². The first kappa shape index (κ1) is 10.4. The van der Waals surface area contributed by atoms with Gasteiger partial charge in [-0.05, 0) is 31.9 Å². The number of hydrogen-bond donors (Lipinski definition) is 1. The van der Waals surface area contributed by atoms with Crippen molar-refractivity contribution in [1.82, 2.24) is 10.3 Å². The van der Waals surface area contributed by atoms with Crippen LogP contribution in [0.5, 0.6) is 5.75 Å². The second kappa shape index (κ2) is 5.12. The summed E-state index contributed by atoms with van der Waals surface area (Å²) in [6, 6.07) is 2.52. The van der Waals surface area contributed by atoms with E-state index in [2.05, 4.69) is 10.3 Å². The van der Waals surface area contributed by atoms with Crippen molar-refractivity contribution in [2.75, 3.05) is 13.7 Å². The Morgan fingerprint density at radius 3 is 3.20 bits per heavy atom.